The molecule has 0 saturated heterocycles. The summed E-state index contributed by atoms with van der Waals surface area (Å²) in [6.07, 6.45) is 0.243. The minimum Gasteiger partial charge on any atom is -0.480 e. The highest BCUT2D eigenvalue weighted by Crippen LogP contribution is 2.17. The quantitative estimate of drug-likeness (QED) is 0.0288. The standard InChI is InChI=1S/C39H54N12O7/c40-27(12-6-18-46-38(42)43)33(53)48-28(13-7-19-47-39(44)45)34(54)50-31(22-24-14-15-25-10-4-5-11-26(25)20-24)36(56)51-30(21-23-8-2-1-3-9-23)35(55)49-29(37(57)58)16-17-32(41)52/h1-5,8-11,14-15,20,27-31H,6-7,12-13,16-19,21-22,40H2,(H2,41,52)(H,48,53)(H,49,55)(H,50,54)(H,51,56)(H,57,58)(H4,42,43,46)(H4,44,45,47)/t27-,28-,29-,30-,31-/m0/s1. The lowest BCUT2D eigenvalue weighted by molar-refractivity contribution is -0.142. The Morgan fingerprint density at radius 3 is 1.64 bits per heavy atom. The predicted molar refractivity (Wildman–Crippen MR) is 218 cm³/mol. The Morgan fingerprint density at radius 1 is 0.569 bits per heavy atom. The molecule has 58 heavy (non-hydrogen) atoms. The fraction of sp³-hybridized carbons (Fsp3) is 0.385. The number of nitrogens with two attached hydrogens (primary N) is 4. The first-order valence-corrected chi connectivity index (χ1v) is 18.8. The SMILES string of the molecule is N=C(N)NCCC[C@H](NC(=O)[C@@H](N)CCCNC(=N)N)C(=O)N[C@@H](Cc1ccc2ccccc2c1)C(=O)N[C@@H](Cc1ccccc1)C(=O)N[C@@H](CCC(N)=O)C(=O)O. The highest BCUT2D eigenvalue weighted by molar-refractivity contribution is 5.96. The molecule has 312 valence electrons. The lowest BCUT2D eigenvalue weighted by Crippen LogP contribution is -2.59. The maximum absolute atomic E-state index is 14.3. The number of carbonyl (C=O) groups is 6. The number of amides is 5. The van der Waals surface area contributed by atoms with Gasteiger partial charge in [0.2, 0.25) is 29.5 Å². The van der Waals surface area contributed by atoms with Crippen LogP contribution in [0.25, 0.3) is 10.8 Å². The molecular formula is C39H54N12O7. The zero-order valence-corrected chi connectivity index (χ0v) is 32.1. The summed E-state index contributed by atoms with van der Waals surface area (Å²) in [6.45, 7) is 0.502. The van der Waals surface area contributed by atoms with Gasteiger partial charge >= 0.3 is 5.97 Å². The molecule has 0 spiro atoms. The molecule has 0 saturated carbocycles. The van der Waals surface area contributed by atoms with Crippen LogP contribution in [0.15, 0.2) is 72.8 Å². The predicted octanol–water partition coefficient (Wildman–Crippen LogP) is -1.23. The molecule has 0 fully saturated rings. The Kier molecular flexibility index (Phi) is 18.4. The highest BCUT2D eigenvalue weighted by atomic mass is 16.4. The van der Waals surface area contributed by atoms with Crippen molar-refractivity contribution in [1.82, 2.24) is 31.9 Å². The van der Waals surface area contributed by atoms with Gasteiger partial charge in [0.1, 0.15) is 24.2 Å². The Balaban J connectivity index is 1.93. The van der Waals surface area contributed by atoms with E-state index in [0.29, 0.717) is 24.1 Å². The van der Waals surface area contributed by atoms with E-state index in [9.17, 15) is 33.9 Å². The third-order valence-corrected chi connectivity index (χ3v) is 9.06. The highest BCUT2D eigenvalue weighted by Gasteiger charge is 2.32. The van der Waals surface area contributed by atoms with Gasteiger partial charge in [0.15, 0.2) is 11.9 Å². The van der Waals surface area contributed by atoms with Crippen molar-refractivity contribution in [2.75, 3.05) is 13.1 Å². The number of hydrogen-bond acceptors (Lipinski definition) is 9. The van der Waals surface area contributed by atoms with Crippen molar-refractivity contribution < 1.29 is 33.9 Å². The van der Waals surface area contributed by atoms with Crippen LogP contribution < -0.4 is 54.8 Å². The monoisotopic (exact) mass is 802 g/mol. The first kappa shape index (κ1) is 45.6. The Morgan fingerprint density at radius 2 is 1.07 bits per heavy atom. The van der Waals surface area contributed by atoms with Crippen LogP contribution in [0.3, 0.4) is 0 Å². The fourth-order valence-electron chi connectivity index (χ4n) is 5.98. The molecule has 5 amide bonds. The van der Waals surface area contributed by atoms with Gasteiger partial charge in [0.25, 0.3) is 0 Å². The summed E-state index contributed by atoms with van der Waals surface area (Å²) >= 11 is 0. The first-order valence-electron chi connectivity index (χ1n) is 18.8. The summed E-state index contributed by atoms with van der Waals surface area (Å²) in [5, 5.41) is 42.1. The van der Waals surface area contributed by atoms with Gasteiger partial charge in [-0.1, -0.05) is 72.8 Å². The maximum Gasteiger partial charge on any atom is 0.326 e. The fourth-order valence-corrected chi connectivity index (χ4v) is 5.98. The summed E-state index contributed by atoms with van der Waals surface area (Å²) in [5.74, 6) is -5.66. The summed E-state index contributed by atoms with van der Waals surface area (Å²) < 4.78 is 0. The second kappa shape index (κ2) is 23.3. The van der Waals surface area contributed by atoms with Crippen LogP contribution in [0.4, 0.5) is 0 Å². The van der Waals surface area contributed by atoms with E-state index in [2.05, 4.69) is 31.9 Å². The van der Waals surface area contributed by atoms with Crippen LogP contribution in [-0.2, 0) is 41.6 Å². The van der Waals surface area contributed by atoms with E-state index in [1.807, 2.05) is 36.4 Å². The molecule has 3 rings (SSSR count). The summed E-state index contributed by atoms with van der Waals surface area (Å²) in [4.78, 5) is 78.7. The van der Waals surface area contributed by atoms with E-state index < -0.39 is 65.7 Å². The molecular weight excluding hydrogens is 749 g/mol. The van der Waals surface area contributed by atoms with Crippen molar-refractivity contribution >= 4 is 58.2 Å². The molecule has 3 aromatic rings. The Hall–Kier alpha value is -6.76. The van der Waals surface area contributed by atoms with Crippen molar-refractivity contribution in [1.29, 1.82) is 10.8 Å². The average Bonchev–Trinajstić information content (AvgIpc) is 3.18. The van der Waals surface area contributed by atoms with E-state index in [1.54, 1.807) is 36.4 Å². The lowest BCUT2D eigenvalue weighted by atomic mass is 9.99. The average molecular weight is 803 g/mol. The molecule has 0 aromatic heterocycles. The smallest absolute Gasteiger partial charge is 0.326 e. The number of aliphatic carboxylic acids is 1. The zero-order chi connectivity index (χ0) is 42.6. The molecule has 0 heterocycles. The normalized spacial score (nSPS) is 13.4. The van der Waals surface area contributed by atoms with E-state index in [1.165, 1.54) is 0 Å². The van der Waals surface area contributed by atoms with Gasteiger partial charge in [-0.15, -0.1) is 0 Å². The minimum atomic E-state index is -1.48. The van der Waals surface area contributed by atoms with Crippen LogP contribution >= 0.6 is 0 Å². The topological polar surface area (TPSA) is 347 Å². The molecule has 0 aliphatic rings. The summed E-state index contributed by atoms with van der Waals surface area (Å²) in [7, 11) is 0. The second-order valence-electron chi connectivity index (χ2n) is 13.7. The van der Waals surface area contributed by atoms with Gasteiger partial charge in [0, 0.05) is 32.4 Å². The van der Waals surface area contributed by atoms with Crippen molar-refractivity contribution in [3.63, 3.8) is 0 Å². The number of guanidine groups is 2. The van der Waals surface area contributed by atoms with Crippen molar-refractivity contribution in [3.8, 4) is 0 Å². The van der Waals surface area contributed by atoms with Gasteiger partial charge in [-0.25, -0.2) is 4.79 Å². The Labute approximate surface area is 335 Å². The van der Waals surface area contributed by atoms with E-state index >= 15 is 0 Å². The van der Waals surface area contributed by atoms with Gasteiger partial charge in [-0.05, 0) is 54.0 Å². The number of benzene rings is 3. The van der Waals surface area contributed by atoms with Gasteiger partial charge < -0.3 is 59.9 Å². The Bertz CT molecular complexity index is 1910. The van der Waals surface area contributed by atoms with Gasteiger partial charge in [-0.2, -0.15) is 0 Å². The molecule has 0 radical (unpaired) electrons. The number of fused-ring (bicyclic) bond motifs is 1. The molecule has 3 aromatic carbocycles. The first-order chi connectivity index (χ1) is 27.6. The van der Waals surface area contributed by atoms with Crippen LogP contribution in [0, 0.1) is 10.8 Å². The van der Waals surface area contributed by atoms with Crippen LogP contribution in [0.5, 0.6) is 0 Å². The van der Waals surface area contributed by atoms with Crippen molar-refractivity contribution in [2.24, 2.45) is 22.9 Å². The van der Waals surface area contributed by atoms with Crippen LogP contribution in [0.1, 0.15) is 49.7 Å². The molecule has 0 aliphatic heterocycles. The maximum atomic E-state index is 14.3. The van der Waals surface area contributed by atoms with E-state index in [-0.39, 0.29) is 63.4 Å². The van der Waals surface area contributed by atoms with Crippen LogP contribution in [0.2, 0.25) is 0 Å². The van der Waals surface area contributed by atoms with Crippen LogP contribution in [-0.4, -0.2) is 95.8 Å². The third-order valence-electron chi connectivity index (χ3n) is 9.06. The minimum absolute atomic E-state index is 0.0479. The number of carboxylic acid groups (broad SMARTS) is 1. The van der Waals surface area contributed by atoms with Crippen molar-refractivity contribution in [3.05, 3.63) is 83.9 Å². The number of hydrogen-bond donors (Lipinski definition) is 13. The van der Waals surface area contributed by atoms with E-state index in [4.69, 9.17) is 33.8 Å². The molecule has 5 atom stereocenters. The molecule has 19 heteroatoms. The number of primary amides is 1. The number of rotatable bonds is 24. The van der Waals surface area contributed by atoms with Crippen molar-refractivity contribution in [2.45, 2.75) is 81.6 Å². The summed E-state index contributed by atoms with van der Waals surface area (Å²) in [6, 6.07) is 15.4. The molecule has 19 nitrogen and oxygen atoms in total. The number of carboxylic acids is 1. The molecule has 0 unspecified atom stereocenters. The molecule has 0 aliphatic carbocycles. The third kappa shape index (κ3) is 16.1. The summed E-state index contributed by atoms with van der Waals surface area (Å²) in [5.41, 5.74) is 23.4. The number of nitrogens with one attached hydrogen (secondary N) is 8. The number of carbonyl (C=O) groups excluding carboxylic acids is 5. The van der Waals surface area contributed by atoms with E-state index in [0.717, 1.165) is 10.8 Å². The van der Waals surface area contributed by atoms with Gasteiger partial charge in [-0.3, -0.25) is 34.8 Å². The largest absolute Gasteiger partial charge is 0.480 e. The second-order valence-corrected chi connectivity index (χ2v) is 13.7. The zero-order valence-electron chi connectivity index (χ0n) is 32.1. The lowest BCUT2D eigenvalue weighted by Gasteiger charge is -2.27. The molecule has 17 N–H and O–H groups in total. The molecule has 0 bridgehead atoms. The van der Waals surface area contributed by atoms with Gasteiger partial charge in [0.05, 0.1) is 6.04 Å².